The molecule has 0 bridgehead atoms. The Morgan fingerprint density at radius 2 is 2.00 bits per heavy atom. The van der Waals surface area contributed by atoms with Crippen molar-refractivity contribution in [2.24, 2.45) is 0 Å². The first-order valence-electron chi connectivity index (χ1n) is 4.57. The Bertz CT molecular complexity index is 642. The van der Waals surface area contributed by atoms with Gasteiger partial charge < -0.3 is 10.2 Å². The van der Waals surface area contributed by atoms with Crippen molar-refractivity contribution in [1.82, 2.24) is 10.2 Å². The second kappa shape index (κ2) is 4.26. The largest absolute Gasteiger partial charge is 0.504 e. The Labute approximate surface area is 104 Å². The third-order valence-corrected chi connectivity index (χ3v) is 2.51. The van der Waals surface area contributed by atoms with E-state index in [2.05, 4.69) is 10.2 Å². The molecular formula is C10H5ClF2N2O3. The summed E-state index contributed by atoms with van der Waals surface area (Å²) in [5, 5.41) is 23.0. The minimum absolute atomic E-state index is 0.134. The molecule has 2 aromatic rings. The normalized spacial score (nSPS) is 10.6. The zero-order chi connectivity index (χ0) is 13.4. The van der Waals surface area contributed by atoms with Crippen LogP contribution in [0.1, 0.15) is 10.5 Å². The van der Waals surface area contributed by atoms with Gasteiger partial charge in [0.15, 0.2) is 11.6 Å². The van der Waals surface area contributed by atoms with Crippen LogP contribution in [-0.4, -0.2) is 26.4 Å². The topological polar surface area (TPSA) is 86.2 Å². The molecule has 0 aliphatic carbocycles. The van der Waals surface area contributed by atoms with E-state index in [0.717, 1.165) is 12.1 Å². The van der Waals surface area contributed by atoms with E-state index in [-0.39, 0.29) is 17.0 Å². The minimum Gasteiger partial charge on any atom is -0.504 e. The highest BCUT2D eigenvalue weighted by molar-refractivity contribution is 6.32. The van der Waals surface area contributed by atoms with Crippen LogP contribution in [0, 0.1) is 11.6 Å². The third-order valence-electron chi connectivity index (χ3n) is 2.22. The molecule has 0 amide bonds. The van der Waals surface area contributed by atoms with E-state index in [0.29, 0.717) is 0 Å². The molecule has 3 N–H and O–H groups in total. The number of hydrogen-bond donors (Lipinski definition) is 3. The van der Waals surface area contributed by atoms with Crippen molar-refractivity contribution < 1.29 is 23.8 Å². The zero-order valence-corrected chi connectivity index (χ0v) is 9.29. The number of phenols is 1. The lowest BCUT2D eigenvalue weighted by Gasteiger charge is -2.04. The lowest BCUT2D eigenvalue weighted by atomic mass is 10.1. The van der Waals surface area contributed by atoms with Crippen LogP contribution >= 0.6 is 11.6 Å². The van der Waals surface area contributed by atoms with Crippen LogP contribution in [0.25, 0.3) is 11.3 Å². The van der Waals surface area contributed by atoms with E-state index in [9.17, 15) is 13.6 Å². The molecular weight excluding hydrogens is 270 g/mol. The summed E-state index contributed by atoms with van der Waals surface area (Å²) in [5.74, 6) is -5.18. The lowest BCUT2D eigenvalue weighted by molar-refractivity contribution is 0.0690. The summed E-state index contributed by atoms with van der Waals surface area (Å²) >= 11 is 5.50. The first-order valence-corrected chi connectivity index (χ1v) is 4.95. The molecule has 18 heavy (non-hydrogen) atoms. The van der Waals surface area contributed by atoms with Crippen molar-refractivity contribution in [3.8, 4) is 17.0 Å². The number of carboxylic acid groups (broad SMARTS) is 1. The minimum atomic E-state index is -1.52. The Balaban J connectivity index is 2.60. The van der Waals surface area contributed by atoms with Gasteiger partial charge in [-0.05, 0) is 12.1 Å². The number of benzene rings is 1. The number of H-pyrrole nitrogens is 1. The number of aromatic amines is 1. The molecule has 1 heterocycles. The molecule has 0 aliphatic rings. The summed E-state index contributed by atoms with van der Waals surface area (Å²) in [7, 11) is 0. The summed E-state index contributed by atoms with van der Waals surface area (Å²) < 4.78 is 26.8. The highest BCUT2D eigenvalue weighted by atomic mass is 35.5. The van der Waals surface area contributed by atoms with Gasteiger partial charge in [-0.1, -0.05) is 11.6 Å². The molecule has 94 valence electrons. The molecule has 0 saturated carbocycles. The molecule has 0 aliphatic heterocycles. The average molecular weight is 275 g/mol. The van der Waals surface area contributed by atoms with Crippen LogP contribution in [0.4, 0.5) is 8.78 Å². The van der Waals surface area contributed by atoms with E-state index in [1.54, 1.807) is 0 Å². The Hall–Kier alpha value is -2.15. The number of nitrogens with zero attached hydrogens (tertiary/aromatic N) is 1. The zero-order valence-electron chi connectivity index (χ0n) is 8.54. The smallest absolute Gasteiger partial charge is 0.353 e. The van der Waals surface area contributed by atoms with Gasteiger partial charge in [-0.25, -0.2) is 9.18 Å². The molecule has 0 saturated heterocycles. The first kappa shape index (κ1) is 12.3. The fraction of sp³-hybridized carbons (Fsp3) is 0. The van der Waals surface area contributed by atoms with E-state index in [4.69, 9.17) is 21.8 Å². The van der Waals surface area contributed by atoms with Gasteiger partial charge in [0.25, 0.3) is 0 Å². The van der Waals surface area contributed by atoms with Gasteiger partial charge in [0.1, 0.15) is 5.69 Å². The third kappa shape index (κ3) is 1.88. The number of nitrogens with one attached hydrogen (secondary N) is 1. The van der Waals surface area contributed by atoms with Gasteiger partial charge in [-0.3, -0.25) is 5.10 Å². The number of hydrogen-bond acceptors (Lipinski definition) is 3. The predicted molar refractivity (Wildman–Crippen MR) is 57.6 cm³/mol. The standard InChI is InChI=1S/C10H5ClF2N2O3/c11-4-1-3(7(12)8(13)9(4)16)5-2-6(10(17)18)15-14-5/h1-2,16H,(H,14,15)(H,17,18). The number of rotatable bonds is 2. The van der Waals surface area contributed by atoms with Gasteiger partial charge in [0, 0.05) is 5.56 Å². The van der Waals surface area contributed by atoms with Crippen molar-refractivity contribution in [2.75, 3.05) is 0 Å². The fourth-order valence-electron chi connectivity index (χ4n) is 1.34. The number of carboxylic acids is 1. The van der Waals surface area contributed by atoms with E-state index >= 15 is 0 Å². The maximum Gasteiger partial charge on any atom is 0.353 e. The molecule has 1 aromatic heterocycles. The van der Waals surface area contributed by atoms with Crippen molar-refractivity contribution in [3.63, 3.8) is 0 Å². The maximum atomic E-state index is 13.5. The molecule has 0 atom stereocenters. The van der Waals surface area contributed by atoms with Crippen LogP contribution in [-0.2, 0) is 0 Å². The summed E-state index contributed by atoms with van der Waals surface area (Å²) in [6.45, 7) is 0. The summed E-state index contributed by atoms with van der Waals surface area (Å²) in [4.78, 5) is 10.6. The number of aromatic hydroxyl groups is 1. The van der Waals surface area contributed by atoms with Gasteiger partial charge in [0.2, 0.25) is 5.82 Å². The Morgan fingerprint density at radius 1 is 1.33 bits per heavy atom. The molecule has 1 aromatic carbocycles. The van der Waals surface area contributed by atoms with Gasteiger partial charge >= 0.3 is 5.97 Å². The molecule has 2 rings (SSSR count). The van der Waals surface area contributed by atoms with Crippen LogP contribution in [0.5, 0.6) is 5.75 Å². The Kier molecular flexibility index (Phi) is 2.92. The number of phenolic OH excluding ortho intramolecular Hbond substituents is 1. The van der Waals surface area contributed by atoms with Crippen LogP contribution < -0.4 is 0 Å². The molecule has 0 unspecified atom stereocenters. The second-order valence-corrected chi connectivity index (χ2v) is 3.76. The quantitative estimate of drug-likeness (QED) is 0.734. The van der Waals surface area contributed by atoms with Gasteiger partial charge in [-0.15, -0.1) is 0 Å². The SMILES string of the molecule is O=C(O)c1cc(-c2cc(Cl)c(O)c(F)c2F)n[nH]1. The predicted octanol–water partition coefficient (Wildman–Crippen LogP) is 2.41. The Morgan fingerprint density at radius 3 is 2.56 bits per heavy atom. The van der Waals surface area contributed by atoms with Crippen LogP contribution in [0.2, 0.25) is 5.02 Å². The second-order valence-electron chi connectivity index (χ2n) is 3.35. The van der Waals surface area contributed by atoms with Gasteiger partial charge in [0.05, 0.1) is 10.7 Å². The van der Waals surface area contributed by atoms with Crippen molar-refractivity contribution >= 4 is 17.6 Å². The summed E-state index contributed by atoms with van der Waals surface area (Å²) in [5.41, 5.74) is -0.765. The number of aromatic carboxylic acids is 1. The monoisotopic (exact) mass is 274 g/mol. The first-order chi connectivity index (χ1) is 8.41. The highest BCUT2D eigenvalue weighted by Crippen LogP contribution is 2.34. The van der Waals surface area contributed by atoms with Crippen LogP contribution in [0.15, 0.2) is 12.1 Å². The lowest BCUT2D eigenvalue weighted by Crippen LogP contribution is -1.95. The van der Waals surface area contributed by atoms with Crippen molar-refractivity contribution in [1.29, 1.82) is 0 Å². The highest BCUT2D eigenvalue weighted by Gasteiger charge is 2.20. The van der Waals surface area contributed by atoms with Crippen molar-refractivity contribution in [2.45, 2.75) is 0 Å². The molecule has 0 radical (unpaired) electrons. The average Bonchev–Trinajstić information content (AvgIpc) is 2.80. The number of aromatic nitrogens is 2. The van der Waals surface area contributed by atoms with E-state index in [1.165, 1.54) is 0 Å². The van der Waals surface area contributed by atoms with E-state index < -0.39 is 28.4 Å². The number of carbonyl (C=O) groups is 1. The maximum absolute atomic E-state index is 13.5. The molecule has 8 heteroatoms. The van der Waals surface area contributed by atoms with Crippen LogP contribution in [0.3, 0.4) is 0 Å². The summed E-state index contributed by atoms with van der Waals surface area (Å²) in [6.07, 6.45) is 0. The molecule has 0 spiro atoms. The van der Waals surface area contributed by atoms with Crippen molar-refractivity contribution in [3.05, 3.63) is 34.5 Å². The molecule has 0 fully saturated rings. The number of halogens is 3. The van der Waals surface area contributed by atoms with E-state index in [1.807, 2.05) is 0 Å². The molecule has 5 nitrogen and oxygen atoms in total. The fourth-order valence-corrected chi connectivity index (χ4v) is 1.53. The summed E-state index contributed by atoms with van der Waals surface area (Å²) in [6, 6.07) is 1.98. The van der Waals surface area contributed by atoms with Gasteiger partial charge in [-0.2, -0.15) is 9.49 Å².